The predicted molar refractivity (Wildman–Crippen MR) is 101 cm³/mol. The second kappa shape index (κ2) is 6.66. The van der Waals surface area contributed by atoms with Crippen LogP contribution in [0.1, 0.15) is 24.1 Å². The minimum absolute atomic E-state index is 0.145. The standard InChI is InChI=1S/C18H16ClN3O3S/c1-9(23)20-16-12-5-3-2-4-10(12)6-13(16)21-18(24)25-15-8-11-7-14(19)26-17(11)22-15/h2-5,7-8,13,16,22H,6H2,1H3,(H,20,23)(H,21,24)/t13-,16-/m1/s1. The fourth-order valence-corrected chi connectivity index (χ4v) is 4.45. The number of rotatable bonds is 3. The lowest BCUT2D eigenvalue weighted by Gasteiger charge is -2.22. The van der Waals surface area contributed by atoms with E-state index < -0.39 is 6.09 Å². The van der Waals surface area contributed by atoms with Gasteiger partial charge in [-0.15, -0.1) is 11.3 Å². The number of H-pyrrole nitrogens is 1. The largest absolute Gasteiger partial charge is 0.414 e. The van der Waals surface area contributed by atoms with Crippen LogP contribution >= 0.6 is 22.9 Å². The van der Waals surface area contributed by atoms with E-state index in [0.717, 1.165) is 21.3 Å². The summed E-state index contributed by atoms with van der Waals surface area (Å²) in [5.74, 6) is 0.209. The predicted octanol–water partition coefficient (Wildman–Crippen LogP) is 3.77. The summed E-state index contributed by atoms with van der Waals surface area (Å²) in [5.41, 5.74) is 2.12. The molecule has 0 saturated heterocycles. The number of hydrogen-bond donors (Lipinski definition) is 3. The molecule has 2 aromatic heterocycles. The number of aromatic nitrogens is 1. The zero-order valence-corrected chi connectivity index (χ0v) is 15.4. The molecule has 0 fully saturated rings. The summed E-state index contributed by atoms with van der Waals surface area (Å²) in [6.07, 6.45) is 0.0594. The monoisotopic (exact) mass is 389 g/mol. The van der Waals surface area contributed by atoms with Crippen LogP contribution in [-0.2, 0) is 11.2 Å². The van der Waals surface area contributed by atoms with E-state index in [0.29, 0.717) is 16.6 Å². The third-order valence-corrected chi connectivity index (χ3v) is 5.55. The lowest BCUT2D eigenvalue weighted by molar-refractivity contribution is -0.119. The van der Waals surface area contributed by atoms with Gasteiger partial charge in [0.1, 0.15) is 4.83 Å². The molecule has 2 atom stereocenters. The first-order valence-corrected chi connectivity index (χ1v) is 9.30. The molecule has 0 radical (unpaired) electrons. The lowest BCUT2D eigenvalue weighted by Crippen LogP contribution is -2.44. The highest BCUT2D eigenvalue weighted by Gasteiger charge is 2.34. The summed E-state index contributed by atoms with van der Waals surface area (Å²) in [4.78, 5) is 27.8. The SMILES string of the molecule is CC(=O)N[C@@H]1c2ccccc2C[C@H]1NC(=O)Oc1cc2cc(Cl)sc2[nH]1. The molecule has 26 heavy (non-hydrogen) atoms. The molecule has 1 aromatic carbocycles. The van der Waals surface area contributed by atoms with Gasteiger partial charge >= 0.3 is 6.09 Å². The maximum Gasteiger partial charge on any atom is 0.414 e. The van der Waals surface area contributed by atoms with Gasteiger partial charge in [-0.1, -0.05) is 35.9 Å². The molecule has 6 nitrogen and oxygen atoms in total. The Hall–Kier alpha value is -2.51. The molecule has 0 saturated carbocycles. The zero-order valence-electron chi connectivity index (χ0n) is 13.8. The van der Waals surface area contributed by atoms with Crippen molar-refractivity contribution >= 4 is 45.2 Å². The topological polar surface area (TPSA) is 83.2 Å². The van der Waals surface area contributed by atoms with Crippen LogP contribution in [0.15, 0.2) is 36.4 Å². The van der Waals surface area contributed by atoms with Crippen molar-refractivity contribution < 1.29 is 14.3 Å². The van der Waals surface area contributed by atoms with Crippen LogP contribution < -0.4 is 15.4 Å². The molecular formula is C18H16ClN3O3S. The Kier molecular flexibility index (Phi) is 4.34. The van der Waals surface area contributed by atoms with Crippen molar-refractivity contribution in [2.24, 2.45) is 0 Å². The fraction of sp³-hybridized carbons (Fsp3) is 0.222. The van der Waals surface area contributed by atoms with Gasteiger partial charge < -0.3 is 20.4 Å². The molecule has 1 aliphatic carbocycles. The number of fused-ring (bicyclic) bond motifs is 2. The second-order valence-corrected chi connectivity index (χ2v) is 7.87. The minimum atomic E-state index is -0.571. The fourth-order valence-electron chi connectivity index (χ4n) is 3.33. The highest BCUT2D eigenvalue weighted by Crippen LogP contribution is 2.33. The van der Waals surface area contributed by atoms with E-state index in [4.69, 9.17) is 16.3 Å². The van der Waals surface area contributed by atoms with Crippen molar-refractivity contribution in [3.05, 3.63) is 51.9 Å². The van der Waals surface area contributed by atoms with Crippen LogP contribution in [0, 0.1) is 0 Å². The van der Waals surface area contributed by atoms with Crippen LogP contribution in [0.3, 0.4) is 0 Å². The van der Waals surface area contributed by atoms with Crippen LogP contribution in [0.25, 0.3) is 10.2 Å². The Balaban J connectivity index is 1.47. The molecule has 2 amide bonds. The molecule has 1 aliphatic rings. The molecule has 8 heteroatoms. The summed E-state index contributed by atoms with van der Waals surface area (Å²) < 4.78 is 6.03. The van der Waals surface area contributed by atoms with Crippen LogP contribution in [0.4, 0.5) is 4.79 Å². The molecule has 3 aromatic rings. The number of benzene rings is 1. The number of carbonyl (C=O) groups is 2. The molecule has 134 valence electrons. The maximum atomic E-state index is 12.3. The first-order valence-electron chi connectivity index (χ1n) is 8.11. The van der Waals surface area contributed by atoms with Crippen LogP contribution in [-0.4, -0.2) is 23.0 Å². The number of ether oxygens (including phenoxy) is 1. The molecular weight excluding hydrogens is 374 g/mol. The lowest BCUT2D eigenvalue weighted by atomic mass is 10.1. The number of halogens is 1. The van der Waals surface area contributed by atoms with E-state index in [1.54, 1.807) is 6.07 Å². The quantitative estimate of drug-likeness (QED) is 0.637. The summed E-state index contributed by atoms with van der Waals surface area (Å²) in [6, 6.07) is 10.8. The normalized spacial score (nSPS) is 18.5. The van der Waals surface area contributed by atoms with Gasteiger partial charge in [0.2, 0.25) is 11.8 Å². The van der Waals surface area contributed by atoms with E-state index >= 15 is 0 Å². The molecule has 0 bridgehead atoms. The smallest absolute Gasteiger partial charge is 0.393 e. The number of aromatic amines is 1. The Bertz CT molecular complexity index is 965. The summed E-state index contributed by atoms with van der Waals surface area (Å²) in [7, 11) is 0. The van der Waals surface area contributed by atoms with Crippen molar-refractivity contribution in [3.63, 3.8) is 0 Å². The van der Waals surface area contributed by atoms with Crippen molar-refractivity contribution in [3.8, 4) is 5.88 Å². The molecule has 3 N–H and O–H groups in total. The molecule has 4 rings (SSSR count). The number of nitrogens with one attached hydrogen (secondary N) is 3. The van der Waals surface area contributed by atoms with Crippen molar-refractivity contribution in [2.45, 2.75) is 25.4 Å². The van der Waals surface area contributed by atoms with Gasteiger partial charge in [-0.2, -0.15) is 0 Å². The van der Waals surface area contributed by atoms with Crippen molar-refractivity contribution in [1.82, 2.24) is 15.6 Å². The van der Waals surface area contributed by atoms with Gasteiger partial charge in [0.15, 0.2) is 0 Å². The Morgan fingerprint density at radius 3 is 2.85 bits per heavy atom. The van der Waals surface area contributed by atoms with E-state index in [9.17, 15) is 9.59 Å². The molecule has 2 heterocycles. The Morgan fingerprint density at radius 1 is 1.27 bits per heavy atom. The summed E-state index contributed by atoms with van der Waals surface area (Å²) in [6.45, 7) is 1.47. The molecule has 0 aliphatic heterocycles. The number of carbonyl (C=O) groups excluding carboxylic acids is 2. The Morgan fingerprint density at radius 2 is 2.08 bits per heavy atom. The van der Waals surface area contributed by atoms with E-state index in [2.05, 4.69) is 15.6 Å². The maximum absolute atomic E-state index is 12.3. The van der Waals surface area contributed by atoms with Gasteiger partial charge in [-0.05, 0) is 23.6 Å². The average molecular weight is 390 g/mol. The van der Waals surface area contributed by atoms with Crippen LogP contribution in [0.2, 0.25) is 4.34 Å². The van der Waals surface area contributed by atoms with Crippen molar-refractivity contribution in [1.29, 1.82) is 0 Å². The van der Waals surface area contributed by atoms with E-state index in [-0.39, 0.29) is 18.0 Å². The van der Waals surface area contributed by atoms with Gasteiger partial charge in [0.05, 0.1) is 16.4 Å². The minimum Gasteiger partial charge on any atom is -0.393 e. The van der Waals surface area contributed by atoms with Crippen molar-refractivity contribution in [2.75, 3.05) is 0 Å². The number of hydrogen-bond acceptors (Lipinski definition) is 4. The third-order valence-electron chi connectivity index (χ3n) is 4.35. The zero-order chi connectivity index (χ0) is 18.3. The van der Waals surface area contributed by atoms with Gasteiger partial charge in [-0.3, -0.25) is 4.79 Å². The highest BCUT2D eigenvalue weighted by molar-refractivity contribution is 7.22. The summed E-state index contributed by atoms with van der Waals surface area (Å²) >= 11 is 7.32. The number of thiophene rings is 1. The first-order chi connectivity index (χ1) is 12.5. The van der Waals surface area contributed by atoms with E-state index in [1.165, 1.54) is 18.3 Å². The van der Waals surface area contributed by atoms with Gasteiger partial charge in [-0.25, -0.2) is 4.79 Å². The summed E-state index contributed by atoms with van der Waals surface area (Å²) in [5, 5.41) is 6.67. The molecule has 0 unspecified atom stereocenters. The molecule has 0 spiro atoms. The van der Waals surface area contributed by atoms with E-state index in [1.807, 2.05) is 30.3 Å². The van der Waals surface area contributed by atoms with Gasteiger partial charge in [0, 0.05) is 18.4 Å². The Labute approximate surface area is 158 Å². The highest BCUT2D eigenvalue weighted by atomic mass is 35.5. The third kappa shape index (κ3) is 3.27. The van der Waals surface area contributed by atoms with Crippen LogP contribution in [0.5, 0.6) is 5.88 Å². The number of amides is 2. The average Bonchev–Trinajstić information content (AvgIpc) is 3.19. The van der Waals surface area contributed by atoms with Gasteiger partial charge in [0.25, 0.3) is 0 Å². The second-order valence-electron chi connectivity index (χ2n) is 6.19. The first kappa shape index (κ1) is 16.9.